The van der Waals surface area contributed by atoms with Crippen LogP contribution in [0.1, 0.15) is 83.5 Å². The number of thiazole rings is 1. The maximum absolute atomic E-state index is 12.6. The summed E-state index contributed by atoms with van der Waals surface area (Å²) in [4.78, 5) is 28.1. The van der Waals surface area contributed by atoms with Crippen molar-refractivity contribution >= 4 is 40.1 Å². The van der Waals surface area contributed by atoms with Crippen LogP contribution in [0.15, 0.2) is 10.4 Å². The molecule has 0 saturated heterocycles. The second-order valence-corrected chi connectivity index (χ2v) is 11.1. The largest absolute Gasteiger partial charge is 0.468 e. The molecule has 0 aromatic carbocycles. The van der Waals surface area contributed by atoms with E-state index < -0.39 is 0 Å². The first kappa shape index (κ1) is 23.6. The van der Waals surface area contributed by atoms with Gasteiger partial charge in [-0.05, 0) is 30.6 Å². The number of aromatic nitrogens is 1. The molecular weight excluding hydrogens is 416 g/mol. The summed E-state index contributed by atoms with van der Waals surface area (Å²) in [5.41, 5.74) is 0. The molecule has 168 valence electrons. The SMILES string of the molecule is COC(=O)CSc1cnc(NC(=O)CCC(CC2CCCCC2)C2CCCCC2)s1. The van der Waals surface area contributed by atoms with Crippen molar-refractivity contribution in [1.29, 1.82) is 0 Å². The molecule has 2 aliphatic rings. The van der Waals surface area contributed by atoms with Crippen molar-refractivity contribution in [2.45, 2.75) is 87.7 Å². The highest BCUT2D eigenvalue weighted by atomic mass is 32.2. The van der Waals surface area contributed by atoms with Crippen LogP contribution in [0.4, 0.5) is 5.13 Å². The predicted molar refractivity (Wildman–Crippen MR) is 124 cm³/mol. The second-order valence-electron chi connectivity index (χ2n) is 8.83. The molecule has 1 aromatic rings. The van der Waals surface area contributed by atoms with Gasteiger partial charge in [0.15, 0.2) is 5.13 Å². The predicted octanol–water partition coefficient (Wildman–Crippen LogP) is 6.29. The highest BCUT2D eigenvalue weighted by Crippen LogP contribution is 2.39. The number of thioether (sulfide) groups is 1. The van der Waals surface area contributed by atoms with Crippen LogP contribution in [-0.4, -0.2) is 29.7 Å². The molecule has 1 heterocycles. The number of esters is 1. The van der Waals surface area contributed by atoms with Crippen LogP contribution in [0, 0.1) is 17.8 Å². The Kier molecular flexibility index (Phi) is 9.98. The standard InChI is InChI=1S/C23H36N2O3S2/c1-28-21(27)16-29-22-15-24-23(30-22)25-20(26)13-12-19(18-10-6-3-7-11-18)14-17-8-4-2-5-9-17/h15,17-19H,2-14,16H2,1H3,(H,24,25,26). The van der Waals surface area contributed by atoms with Crippen LogP contribution in [0.2, 0.25) is 0 Å². The second kappa shape index (κ2) is 12.7. The zero-order valence-corrected chi connectivity index (χ0v) is 19.8. The van der Waals surface area contributed by atoms with E-state index in [1.54, 1.807) is 6.20 Å². The summed E-state index contributed by atoms with van der Waals surface area (Å²) < 4.78 is 5.57. The molecule has 2 saturated carbocycles. The van der Waals surface area contributed by atoms with Gasteiger partial charge in [0, 0.05) is 6.42 Å². The number of rotatable bonds is 10. The Morgan fingerprint density at radius 3 is 2.57 bits per heavy atom. The summed E-state index contributed by atoms with van der Waals surface area (Å²) >= 11 is 2.80. The fourth-order valence-corrected chi connectivity index (χ4v) is 6.79. The van der Waals surface area contributed by atoms with Gasteiger partial charge in [-0.1, -0.05) is 75.5 Å². The van der Waals surface area contributed by atoms with Crippen molar-refractivity contribution in [3.63, 3.8) is 0 Å². The summed E-state index contributed by atoms with van der Waals surface area (Å²) in [7, 11) is 1.38. The molecule has 0 aliphatic heterocycles. The minimum absolute atomic E-state index is 0.0679. The summed E-state index contributed by atoms with van der Waals surface area (Å²) in [6.45, 7) is 0. The first-order chi connectivity index (χ1) is 14.6. The van der Waals surface area contributed by atoms with E-state index in [1.165, 1.54) is 101 Å². The van der Waals surface area contributed by atoms with Crippen LogP contribution in [-0.2, 0) is 14.3 Å². The van der Waals surface area contributed by atoms with Gasteiger partial charge in [-0.15, -0.1) is 11.8 Å². The van der Waals surface area contributed by atoms with E-state index in [0.29, 0.717) is 17.5 Å². The fraction of sp³-hybridized carbons (Fsp3) is 0.783. The Balaban J connectivity index is 1.47. The highest BCUT2D eigenvalue weighted by Gasteiger charge is 2.27. The number of nitrogens with zero attached hydrogens (tertiary/aromatic N) is 1. The number of hydrogen-bond acceptors (Lipinski definition) is 6. The normalized spacial score (nSPS) is 19.4. The van der Waals surface area contributed by atoms with Crippen LogP contribution in [0.5, 0.6) is 0 Å². The molecule has 0 spiro atoms. The molecule has 1 amide bonds. The molecule has 2 fully saturated rings. The smallest absolute Gasteiger partial charge is 0.316 e. The number of ether oxygens (including phenoxy) is 1. The number of nitrogens with one attached hydrogen (secondary N) is 1. The van der Waals surface area contributed by atoms with Crippen LogP contribution in [0.25, 0.3) is 0 Å². The molecule has 1 unspecified atom stereocenters. The lowest BCUT2D eigenvalue weighted by Gasteiger charge is -2.34. The van der Waals surface area contributed by atoms with Crippen LogP contribution in [0.3, 0.4) is 0 Å². The van der Waals surface area contributed by atoms with E-state index in [1.807, 2.05) is 0 Å². The van der Waals surface area contributed by atoms with Gasteiger partial charge >= 0.3 is 5.97 Å². The molecule has 0 radical (unpaired) electrons. The van der Waals surface area contributed by atoms with E-state index >= 15 is 0 Å². The van der Waals surface area contributed by atoms with Crippen LogP contribution < -0.4 is 5.32 Å². The Hall–Kier alpha value is -1.08. The molecule has 0 bridgehead atoms. The highest BCUT2D eigenvalue weighted by molar-refractivity contribution is 8.01. The Morgan fingerprint density at radius 2 is 1.87 bits per heavy atom. The summed E-state index contributed by atoms with van der Waals surface area (Å²) in [6, 6.07) is 0. The van der Waals surface area contributed by atoms with Gasteiger partial charge in [-0.2, -0.15) is 0 Å². The van der Waals surface area contributed by atoms with Crippen LogP contribution >= 0.6 is 23.1 Å². The number of anilines is 1. The first-order valence-electron chi connectivity index (χ1n) is 11.6. The number of carbonyl (C=O) groups excluding carboxylic acids is 2. The first-order valence-corrected chi connectivity index (χ1v) is 13.4. The molecule has 3 rings (SSSR count). The fourth-order valence-electron chi connectivity index (χ4n) is 5.07. The van der Waals surface area contributed by atoms with Crippen molar-refractivity contribution in [2.75, 3.05) is 18.2 Å². The van der Waals surface area contributed by atoms with E-state index in [-0.39, 0.29) is 17.6 Å². The van der Waals surface area contributed by atoms with Gasteiger partial charge in [0.05, 0.1) is 23.3 Å². The molecule has 1 atom stereocenters. The van der Waals surface area contributed by atoms with Gasteiger partial charge in [0.2, 0.25) is 5.91 Å². The zero-order chi connectivity index (χ0) is 21.2. The van der Waals surface area contributed by atoms with E-state index in [2.05, 4.69) is 15.0 Å². The van der Waals surface area contributed by atoms with E-state index in [0.717, 1.165) is 22.5 Å². The zero-order valence-electron chi connectivity index (χ0n) is 18.2. The van der Waals surface area contributed by atoms with Gasteiger partial charge in [0.25, 0.3) is 0 Å². The molecule has 1 aromatic heterocycles. The van der Waals surface area contributed by atoms with Gasteiger partial charge < -0.3 is 10.1 Å². The quantitative estimate of drug-likeness (QED) is 0.333. The Labute approximate surface area is 189 Å². The van der Waals surface area contributed by atoms with Gasteiger partial charge in [-0.25, -0.2) is 4.98 Å². The van der Waals surface area contributed by atoms with Crippen molar-refractivity contribution in [3.05, 3.63) is 6.20 Å². The third-order valence-corrected chi connectivity index (χ3v) is 8.79. The minimum atomic E-state index is -0.259. The monoisotopic (exact) mass is 452 g/mol. The molecular formula is C23H36N2O3S2. The van der Waals surface area contributed by atoms with Crippen molar-refractivity contribution in [3.8, 4) is 0 Å². The maximum Gasteiger partial charge on any atom is 0.316 e. The van der Waals surface area contributed by atoms with E-state index in [9.17, 15) is 9.59 Å². The molecule has 1 N–H and O–H groups in total. The lowest BCUT2D eigenvalue weighted by atomic mass is 9.72. The molecule has 30 heavy (non-hydrogen) atoms. The average molecular weight is 453 g/mol. The lowest BCUT2D eigenvalue weighted by molar-refractivity contribution is -0.137. The number of carbonyl (C=O) groups is 2. The maximum atomic E-state index is 12.6. The van der Waals surface area contributed by atoms with Crippen molar-refractivity contribution in [2.24, 2.45) is 17.8 Å². The Morgan fingerprint density at radius 1 is 1.17 bits per heavy atom. The van der Waals surface area contributed by atoms with Gasteiger partial charge in [0.1, 0.15) is 0 Å². The molecule has 7 heteroatoms. The van der Waals surface area contributed by atoms with Crippen molar-refractivity contribution in [1.82, 2.24) is 4.98 Å². The topological polar surface area (TPSA) is 68.3 Å². The average Bonchev–Trinajstić information content (AvgIpc) is 3.23. The molecule has 2 aliphatic carbocycles. The van der Waals surface area contributed by atoms with Gasteiger partial charge in [-0.3, -0.25) is 9.59 Å². The Bertz CT molecular complexity index is 667. The molecule has 5 nitrogen and oxygen atoms in total. The minimum Gasteiger partial charge on any atom is -0.468 e. The summed E-state index contributed by atoms with van der Waals surface area (Å²) in [5.74, 6) is 2.46. The summed E-state index contributed by atoms with van der Waals surface area (Å²) in [6.07, 6.45) is 18.4. The number of methoxy groups -OCH3 is 1. The van der Waals surface area contributed by atoms with E-state index in [4.69, 9.17) is 0 Å². The third kappa shape index (κ3) is 7.88. The number of hydrogen-bond donors (Lipinski definition) is 1. The number of amides is 1. The lowest BCUT2D eigenvalue weighted by Crippen LogP contribution is -2.24. The van der Waals surface area contributed by atoms with Crippen molar-refractivity contribution < 1.29 is 14.3 Å². The summed E-state index contributed by atoms with van der Waals surface area (Å²) in [5, 5.41) is 3.58. The third-order valence-electron chi connectivity index (χ3n) is 6.71.